The number of aliphatic hydroxyl groups is 2. The first-order valence-electron chi connectivity index (χ1n) is 4.75. The first-order valence-corrected chi connectivity index (χ1v) is 4.75. The fraction of sp³-hybridized carbons (Fsp3) is 0.600. The van der Waals surface area contributed by atoms with Gasteiger partial charge in [-0.25, -0.2) is 9.59 Å². The van der Waals surface area contributed by atoms with Crippen LogP contribution in [0.2, 0.25) is 0 Å². The zero-order valence-electron chi connectivity index (χ0n) is 9.92. The highest BCUT2D eigenvalue weighted by molar-refractivity contribution is 5.91. The molecule has 17 heavy (non-hydrogen) atoms. The fourth-order valence-corrected chi connectivity index (χ4v) is 0.503. The zero-order valence-corrected chi connectivity index (χ0v) is 9.92. The summed E-state index contributed by atoms with van der Waals surface area (Å²) in [7, 11) is 2.45. The van der Waals surface area contributed by atoms with Crippen LogP contribution in [0.4, 0.5) is 0 Å². The summed E-state index contributed by atoms with van der Waals surface area (Å²) in [4.78, 5) is 20.6. The van der Waals surface area contributed by atoms with Gasteiger partial charge in [0.15, 0.2) is 0 Å². The summed E-state index contributed by atoms with van der Waals surface area (Å²) in [6.07, 6.45) is 1.98. The van der Waals surface area contributed by atoms with Crippen LogP contribution in [0.15, 0.2) is 12.2 Å². The Morgan fingerprint density at radius 2 is 1.29 bits per heavy atom. The minimum Gasteiger partial charge on any atom is -0.466 e. The highest BCUT2D eigenvalue weighted by Gasteiger charge is 1.94. The first kappa shape index (κ1) is 17.9. The lowest BCUT2D eigenvalue weighted by molar-refractivity contribution is -0.137. The third kappa shape index (κ3) is 17.2. The number of methoxy groups -OCH3 is 2. The maximum Gasteiger partial charge on any atom is 0.330 e. The van der Waals surface area contributed by atoms with Gasteiger partial charge < -0.3 is 24.4 Å². The molecule has 7 heteroatoms. The number of carbonyl (C=O) groups excluding carboxylic acids is 2. The lowest BCUT2D eigenvalue weighted by Crippen LogP contribution is -2.03. The van der Waals surface area contributed by atoms with Gasteiger partial charge in [-0.1, -0.05) is 0 Å². The maximum absolute atomic E-state index is 10.3. The van der Waals surface area contributed by atoms with Gasteiger partial charge >= 0.3 is 11.9 Å². The Hall–Kier alpha value is -1.44. The molecule has 0 atom stereocenters. The van der Waals surface area contributed by atoms with E-state index in [1.165, 1.54) is 14.2 Å². The summed E-state index contributed by atoms with van der Waals surface area (Å²) in [5.41, 5.74) is 0. The maximum atomic E-state index is 10.3. The second kappa shape index (κ2) is 14.6. The molecule has 0 amide bonds. The molecule has 0 fully saturated rings. The number of rotatable bonds is 6. The average Bonchev–Trinajstić information content (AvgIpc) is 2.36. The van der Waals surface area contributed by atoms with Crippen LogP contribution in [0.3, 0.4) is 0 Å². The molecule has 0 bridgehead atoms. The molecule has 0 aromatic heterocycles. The van der Waals surface area contributed by atoms with Gasteiger partial charge in [-0.15, -0.1) is 0 Å². The van der Waals surface area contributed by atoms with Gasteiger partial charge in [0.05, 0.1) is 40.6 Å². The van der Waals surface area contributed by atoms with Crippen molar-refractivity contribution in [1.82, 2.24) is 0 Å². The van der Waals surface area contributed by atoms with E-state index in [2.05, 4.69) is 14.2 Å². The lowest BCUT2D eigenvalue weighted by Gasteiger charge is -1.94. The molecule has 0 aliphatic rings. The molecule has 100 valence electrons. The van der Waals surface area contributed by atoms with Gasteiger partial charge in [-0.05, 0) is 0 Å². The quantitative estimate of drug-likeness (QED) is 0.349. The van der Waals surface area contributed by atoms with E-state index < -0.39 is 11.9 Å². The highest BCUT2D eigenvalue weighted by Crippen LogP contribution is 1.80. The van der Waals surface area contributed by atoms with E-state index in [9.17, 15) is 9.59 Å². The smallest absolute Gasteiger partial charge is 0.330 e. The molecule has 7 nitrogen and oxygen atoms in total. The number of ether oxygens (including phenoxy) is 3. The largest absolute Gasteiger partial charge is 0.466 e. The summed E-state index contributed by atoms with van der Waals surface area (Å²) in [6.45, 7) is 0.696. The van der Waals surface area contributed by atoms with Crippen LogP contribution < -0.4 is 0 Å². The number of hydrogen-bond donors (Lipinski definition) is 2. The van der Waals surface area contributed by atoms with Crippen LogP contribution in [0, 0.1) is 0 Å². The molecule has 0 aromatic rings. The normalized spacial score (nSPS) is 9.41. The molecule has 0 radical (unpaired) electrons. The zero-order chi connectivity index (χ0) is 13.5. The van der Waals surface area contributed by atoms with E-state index in [4.69, 9.17) is 10.2 Å². The van der Waals surface area contributed by atoms with Gasteiger partial charge in [0.25, 0.3) is 0 Å². The molecule has 0 aromatic carbocycles. The minimum absolute atomic E-state index is 0.0278. The summed E-state index contributed by atoms with van der Waals surface area (Å²) in [6, 6.07) is 0. The van der Waals surface area contributed by atoms with E-state index in [-0.39, 0.29) is 13.2 Å². The molecular weight excluding hydrogens is 232 g/mol. The van der Waals surface area contributed by atoms with Crippen molar-refractivity contribution in [2.24, 2.45) is 0 Å². The molecule has 2 N–H and O–H groups in total. The van der Waals surface area contributed by atoms with Crippen molar-refractivity contribution >= 4 is 11.9 Å². The van der Waals surface area contributed by atoms with Crippen molar-refractivity contribution in [3.63, 3.8) is 0 Å². The molecule has 0 rings (SSSR count). The van der Waals surface area contributed by atoms with Crippen LogP contribution in [-0.4, -0.2) is 62.8 Å². The van der Waals surface area contributed by atoms with Crippen molar-refractivity contribution in [2.75, 3.05) is 40.6 Å². The summed E-state index contributed by atoms with van der Waals surface area (Å²) >= 11 is 0. The number of hydrogen-bond acceptors (Lipinski definition) is 7. The predicted molar refractivity (Wildman–Crippen MR) is 58.2 cm³/mol. The number of esters is 2. The molecule has 0 spiro atoms. The first-order chi connectivity index (χ1) is 8.12. The summed E-state index contributed by atoms with van der Waals surface area (Å²) < 4.78 is 13.1. The molecule has 0 aliphatic carbocycles. The highest BCUT2D eigenvalue weighted by atomic mass is 16.5. The molecule has 0 heterocycles. The lowest BCUT2D eigenvalue weighted by atomic mass is 10.5. The summed E-state index contributed by atoms with van der Waals surface area (Å²) in [5.74, 6) is -1.16. The van der Waals surface area contributed by atoms with E-state index >= 15 is 0 Å². The van der Waals surface area contributed by atoms with Crippen molar-refractivity contribution in [3.8, 4) is 0 Å². The van der Waals surface area contributed by atoms with Crippen molar-refractivity contribution in [2.45, 2.75) is 0 Å². The molecule has 0 saturated carbocycles. The second-order valence-corrected chi connectivity index (χ2v) is 2.44. The standard InChI is InChI=1S/C6H8O4.C4H10O3/c1-9-5(7)3-4-6(8)10-2;5-1-3-7-4-2-6/h3-4H,1-2H3;5-6H,1-4H2/b4-3-;. The van der Waals surface area contributed by atoms with E-state index in [0.717, 1.165) is 12.2 Å². The molecule has 0 saturated heterocycles. The van der Waals surface area contributed by atoms with Crippen LogP contribution >= 0.6 is 0 Å². The predicted octanol–water partition coefficient (Wildman–Crippen LogP) is -1.12. The van der Waals surface area contributed by atoms with Crippen molar-refractivity contribution in [3.05, 3.63) is 12.2 Å². The Bertz CT molecular complexity index is 203. The number of carbonyl (C=O) groups is 2. The SMILES string of the molecule is COC(=O)/C=C\C(=O)OC.OCCOCCO. The van der Waals surface area contributed by atoms with Crippen LogP contribution in [0.25, 0.3) is 0 Å². The fourth-order valence-electron chi connectivity index (χ4n) is 0.503. The Labute approximate surface area is 99.6 Å². The minimum atomic E-state index is -0.578. The Balaban J connectivity index is 0. The number of aliphatic hydroxyl groups excluding tert-OH is 2. The third-order valence-corrected chi connectivity index (χ3v) is 1.23. The van der Waals surface area contributed by atoms with Crippen LogP contribution in [0.1, 0.15) is 0 Å². The Morgan fingerprint density at radius 1 is 0.941 bits per heavy atom. The second-order valence-electron chi connectivity index (χ2n) is 2.44. The molecular formula is C10H18O7. The van der Waals surface area contributed by atoms with Crippen molar-refractivity contribution < 1.29 is 34.0 Å². The third-order valence-electron chi connectivity index (χ3n) is 1.23. The van der Waals surface area contributed by atoms with Crippen LogP contribution in [-0.2, 0) is 23.8 Å². The van der Waals surface area contributed by atoms with E-state index in [1.807, 2.05) is 0 Å². The van der Waals surface area contributed by atoms with Gasteiger partial charge in [-0.2, -0.15) is 0 Å². The Kier molecular flexibility index (Phi) is 15.4. The van der Waals surface area contributed by atoms with E-state index in [1.54, 1.807) is 0 Å². The van der Waals surface area contributed by atoms with Gasteiger partial charge in [-0.3, -0.25) is 0 Å². The summed E-state index contributed by atoms with van der Waals surface area (Å²) in [5, 5.41) is 16.2. The van der Waals surface area contributed by atoms with Gasteiger partial charge in [0.2, 0.25) is 0 Å². The molecule has 0 aliphatic heterocycles. The average molecular weight is 250 g/mol. The van der Waals surface area contributed by atoms with Gasteiger partial charge in [0.1, 0.15) is 0 Å². The topological polar surface area (TPSA) is 102 Å². The molecule has 0 unspecified atom stereocenters. The van der Waals surface area contributed by atoms with Gasteiger partial charge in [0, 0.05) is 12.2 Å². The van der Waals surface area contributed by atoms with Crippen LogP contribution in [0.5, 0.6) is 0 Å². The van der Waals surface area contributed by atoms with Crippen molar-refractivity contribution in [1.29, 1.82) is 0 Å². The monoisotopic (exact) mass is 250 g/mol. The Morgan fingerprint density at radius 3 is 1.53 bits per heavy atom. The van der Waals surface area contributed by atoms with E-state index in [0.29, 0.717) is 13.2 Å².